The number of halogens is 2. The predicted octanol–water partition coefficient (Wildman–Crippen LogP) is 3.66. The van der Waals surface area contributed by atoms with Gasteiger partial charge in [-0.25, -0.2) is 27.5 Å². The van der Waals surface area contributed by atoms with Gasteiger partial charge < -0.3 is 10.6 Å². The SMILES string of the molecule is CNS(=O)(=O)c1ccc(F)c(Nc2cc(Nc3ccc(Cl)cc3)ncn2)c1. The number of nitrogens with zero attached hydrogens (tertiary/aromatic N) is 2. The molecule has 0 aliphatic rings. The highest BCUT2D eigenvalue weighted by atomic mass is 35.5. The summed E-state index contributed by atoms with van der Waals surface area (Å²) < 4.78 is 40.1. The van der Waals surface area contributed by atoms with Crippen LogP contribution in [0.5, 0.6) is 0 Å². The second kappa shape index (κ2) is 7.87. The van der Waals surface area contributed by atoms with Crippen molar-refractivity contribution in [3.05, 3.63) is 65.7 Å². The molecule has 0 spiro atoms. The molecule has 7 nitrogen and oxygen atoms in total. The first-order valence-electron chi connectivity index (χ1n) is 7.72. The van der Waals surface area contributed by atoms with Crippen LogP contribution < -0.4 is 15.4 Å². The fourth-order valence-electron chi connectivity index (χ4n) is 2.20. The van der Waals surface area contributed by atoms with Crippen molar-refractivity contribution >= 4 is 44.6 Å². The Morgan fingerprint density at radius 2 is 1.63 bits per heavy atom. The molecule has 3 rings (SSSR count). The second-order valence-electron chi connectivity index (χ2n) is 5.39. The van der Waals surface area contributed by atoms with E-state index < -0.39 is 15.8 Å². The first-order valence-corrected chi connectivity index (χ1v) is 9.58. The van der Waals surface area contributed by atoms with Gasteiger partial charge in [0.15, 0.2) is 0 Å². The molecule has 0 bridgehead atoms. The summed E-state index contributed by atoms with van der Waals surface area (Å²) in [7, 11) is -2.41. The minimum atomic E-state index is -3.69. The van der Waals surface area contributed by atoms with Gasteiger partial charge in [-0.15, -0.1) is 0 Å². The van der Waals surface area contributed by atoms with E-state index in [-0.39, 0.29) is 10.6 Å². The van der Waals surface area contributed by atoms with Gasteiger partial charge in [0.25, 0.3) is 0 Å². The molecular weight excluding hydrogens is 393 g/mol. The smallest absolute Gasteiger partial charge is 0.240 e. The Balaban J connectivity index is 1.84. The number of nitrogens with one attached hydrogen (secondary N) is 3. The van der Waals surface area contributed by atoms with Crippen molar-refractivity contribution in [1.29, 1.82) is 0 Å². The van der Waals surface area contributed by atoms with E-state index in [1.165, 1.54) is 25.5 Å². The Bertz CT molecular complexity index is 1060. The normalized spacial score (nSPS) is 11.2. The van der Waals surface area contributed by atoms with Gasteiger partial charge in [0.2, 0.25) is 10.0 Å². The average molecular weight is 408 g/mol. The van der Waals surface area contributed by atoms with E-state index in [1.54, 1.807) is 30.3 Å². The Hall–Kier alpha value is -2.75. The molecule has 0 saturated carbocycles. The second-order valence-corrected chi connectivity index (χ2v) is 7.72. The zero-order valence-corrected chi connectivity index (χ0v) is 15.6. The van der Waals surface area contributed by atoms with Crippen LogP contribution in [0.4, 0.5) is 27.4 Å². The highest BCUT2D eigenvalue weighted by molar-refractivity contribution is 7.89. The van der Waals surface area contributed by atoms with E-state index >= 15 is 0 Å². The predicted molar refractivity (Wildman–Crippen MR) is 103 cm³/mol. The Kier molecular flexibility index (Phi) is 5.54. The fraction of sp³-hybridized carbons (Fsp3) is 0.0588. The largest absolute Gasteiger partial charge is 0.340 e. The van der Waals surface area contributed by atoms with Crippen LogP contribution in [-0.2, 0) is 10.0 Å². The molecule has 1 aromatic heterocycles. The van der Waals surface area contributed by atoms with Gasteiger partial charge in [-0.2, -0.15) is 0 Å². The number of sulfonamides is 1. The zero-order valence-electron chi connectivity index (χ0n) is 14.1. The molecule has 0 aliphatic carbocycles. The molecular formula is C17H15ClFN5O2S. The average Bonchev–Trinajstić information content (AvgIpc) is 2.65. The summed E-state index contributed by atoms with van der Waals surface area (Å²) in [5.74, 6) is 0.143. The van der Waals surface area contributed by atoms with Gasteiger partial charge in [-0.3, -0.25) is 0 Å². The minimum absolute atomic E-state index is 0.0255. The monoisotopic (exact) mass is 407 g/mol. The van der Waals surface area contributed by atoms with Gasteiger partial charge in [0.1, 0.15) is 23.8 Å². The molecule has 0 radical (unpaired) electrons. The van der Waals surface area contributed by atoms with E-state index in [0.29, 0.717) is 16.7 Å². The Morgan fingerprint density at radius 3 is 2.30 bits per heavy atom. The maximum Gasteiger partial charge on any atom is 0.240 e. The number of rotatable bonds is 6. The lowest BCUT2D eigenvalue weighted by atomic mass is 10.3. The quantitative estimate of drug-likeness (QED) is 0.577. The van der Waals surface area contributed by atoms with Crippen molar-refractivity contribution in [2.45, 2.75) is 4.90 Å². The number of benzene rings is 2. The van der Waals surface area contributed by atoms with Crippen molar-refractivity contribution in [3.8, 4) is 0 Å². The number of aromatic nitrogens is 2. The lowest BCUT2D eigenvalue weighted by molar-refractivity contribution is 0.587. The van der Waals surface area contributed by atoms with E-state index in [4.69, 9.17) is 11.6 Å². The molecule has 0 atom stereocenters. The first kappa shape index (κ1) is 19.0. The Labute approximate surface area is 160 Å². The van der Waals surface area contributed by atoms with Crippen LogP contribution in [-0.4, -0.2) is 25.4 Å². The Morgan fingerprint density at radius 1 is 0.963 bits per heavy atom. The summed E-state index contributed by atoms with van der Waals surface area (Å²) in [4.78, 5) is 8.06. The number of anilines is 4. The molecule has 27 heavy (non-hydrogen) atoms. The van der Waals surface area contributed by atoms with Crippen LogP contribution in [0.15, 0.2) is 59.8 Å². The third-order valence-electron chi connectivity index (χ3n) is 3.56. The van der Waals surface area contributed by atoms with E-state index in [2.05, 4.69) is 25.3 Å². The number of hydrogen-bond donors (Lipinski definition) is 3. The van der Waals surface area contributed by atoms with Crippen LogP contribution in [0.2, 0.25) is 5.02 Å². The molecule has 2 aromatic carbocycles. The molecule has 0 fully saturated rings. The van der Waals surface area contributed by atoms with Crippen molar-refractivity contribution in [2.24, 2.45) is 0 Å². The van der Waals surface area contributed by atoms with Crippen LogP contribution in [0.1, 0.15) is 0 Å². The summed E-state index contributed by atoms with van der Waals surface area (Å²) in [5.41, 5.74) is 0.736. The molecule has 0 amide bonds. The van der Waals surface area contributed by atoms with E-state index in [9.17, 15) is 12.8 Å². The molecule has 0 saturated heterocycles. The lowest BCUT2D eigenvalue weighted by Gasteiger charge is -2.11. The highest BCUT2D eigenvalue weighted by Gasteiger charge is 2.14. The minimum Gasteiger partial charge on any atom is -0.340 e. The summed E-state index contributed by atoms with van der Waals surface area (Å²) in [6, 6.07) is 12.0. The summed E-state index contributed by atoms with van der Waals surface area (Å²) >= 11 is 5.85. The molecule has 3 aromatic rings. The van der Waals surface area contributed by atoms with Gasteiger partial charge in [-0.05, 0) is 49.5 Å². The topological polar surface area (TPSA) is 96.0 Å². The van der Waals surface area contributed by atoms with Crippen LogP contribution in [0.25, 0.3) is 0 Å². The summed E-state index contributed by atoms with van der Waals surface area (Å²) in [6.07, 6.45) is 1.30. The van der Waals surface area contributed by atoms with Gasteiger partial charge in [0, 0.05) is 16.8 Å². The van der Waals surface area contributed by atoms with Crippen molar-refractivity contribution < 1.29 is 12.8 Å². The van der Waals surface area contributed by atoms with Gasteiger partial charge in [-0.1, -0.05) is 11.6 Å². The molecule has 3 N–H and O–H groups in total. The summed E-state index contributed by atoms with van der Waals surface area (Å²) in [5, 5.41) is 6.44. The maximum absolute atomic E-state index is 14.1. The standard InChI is InChI=1S/C17H15ClFN5O2S/c1-20-27(25,26)13-6-7-14(19)15(8-13)24-17-9-16(21-10-22-17)23-12-4-2-11(18)3-5-12/h2-10,20H,1H3,(H2,21,22,23,24). The molecule has 0 unspecified atom stereocenters. The molecule has 140 valence electrons. The van der Waals surface area contributed by atoms with Crippen molar-refractivity contribution in [2.75, 3.05) is 17.7 Å². The van der Waals surface area contributed by atoms with E-state index in [0.717, 1.165) is 11.8 Å². The molecule has 10 heteroatoms. The van der Waals surface area contributed by atoms with Crippen molar-refractivity contribution in [3.63, 3.8) is 0 Å². The van der Waals surface area contributed by atoms with Gasteiger partial charge in [0.05, 0.1) is 10.6 Å². The van der Waals surface area contributed by atoms with Gasteiger partial charge >= 0.3 is 0 Å². The van der Waals surface area contributed by atoms with Crippen LogP contribution in [0, 0.1) is 5.82 Å². The third-order valence-corrected chi connectivity index (χ3v) is 5.23. The third kappa shape index (κ3) is 4.70. The van der Waals surface area contributed by atoms with E-state index in [1.807, 2.05) is 0 Å². The lowest BCUT2D eigenvalue weighted by Crippen LogP contribution is -2.18. The molecule has 0 aliphatic heterocycles. The number of hydrogen-bond acceptors (Lipinski definition) is 6. The first-order chi connectivity index (χ1) is 12.9. The summed E-state index contributed by atoms with van der Waals surface area (Å²) in [6.45, 7) is 0. The van der Waals surface area contributed by atoms with Crippen LogP contribution >= 0.6 is 11.6 Å². The van der Waals surface area contributed by atoms with Crippen LogP contribution in [0.3, 0.4) is 0 Å². The fourth-order valence-corrected chi connectivity index (χ4v) is 3.08. The zero-order chi connectivity index (χ0) is 19.4. The highest BCUT2D eigenvalue weighted by Crippen LogP contribution is 2.24. The molecule has 1 heterocycles. The van der Waals surface area contributed by atoms with Crippen molar-refractivity contribution in [1.82, 2.24) is 14.7 Å². The maximum atomic E-state index is 14.1.